The first kappa shape index (κ1) is 25.3. The highest BCUT2D eigenvalue weighted by Crippen LogP contribution is 2.36. The number of rotatable bonds is 7. The van der Waals surface area contributed by atoms with Crippen LogP contribution in [0.25, 0.3) is 0 Å². The Labute approximate surface area is 198 Å². The zero-order chi connectivity index (χ0) is 23.5. The minimum Gasteiger partial charge on any atom is -0.312 e. The molecule has 176 valence electrons. The van der Waals surface area contributed by atoms with E-state index in [1.54, 1.807) is 18.2 Å². The zero-order valence-electron chi connectivity index (χ0n) is 18.6. The number of likely N-dealkylation sites (tertiary alicyclic amines) is 1. The van der Waals surface area contributed by atoms with Gasteiger partial charge >= 0.3 is 6.18 Å². The van der Waals surface area contributed by atoms with Gasteiger partial charge in [0.2, 0.25) is 0 Å². The maximum absolute atomic E-state index is 13.7. The lowest BCUT2D eigenvalue weighted by Gasteiger charge is -2.33. The van der Waals surface area contributed by atoms with Crippen molar-refractivity contribution in [2.45, 2.75) is 37.5 Å². The van der Waals surface area contributed by atoms with Gasteiger partial charge in [-0.2, -0.15) is 13.2 Å². The Morgan fingerprint density at radius 2 is 1.75 bits per heavy atom. The summed E-state index contributed by atoms with van der Waals surface area (Å²) in [5, 5.41) is 4.28. The average molecular weight is 488 g/mol. The Balaban J connectivity index is 1.75. The first-order valence-corrected chi connectivity index (χ1v) is 11.5. The van der Waals surface area contributed by atoms with Gasteiger partial charge in [0.15, 0.2) is 0 Å². The lowest BCUT2D eigenvalue weighted by molar-refractivity contribution is -0.138. The molecule has 0 amide bonds. The molecule has 1 fully saturated rings. The molecule has 0 aliphatic carbocycles. The van der Waals surface area contributed by atoms with Gasteiger partial charge in [0, 0.05) is 19.1 Å². The molecule has 0 saturated carbocycles. The van der Waals surface area contributed by atoms with Crippen molar-refractivity contribution < 1.29 is 13.2 Å². The van der Waals surface area contributed by atoms with Gasteiger partial charge in [-0.1, -0.05) is 41.4 Å². The van der Waals surface area contributed by atoms with Gasteiger partial charge in [-0.05, 0) is 87.9 Å². The van der Waals surface area contributed by atoms with Gasteiger partial charge in [-0.15, -0.1) is 0 Å². The molecule has 32 heavy (non-hydrogen) atoms. The first-order chi connectivity index (χ1) is 15.1. The average Bonchev–Trinajstić information content (AvgIpc) is 2.73. The van der Waals surface area contributed by atoms with Crippen molar-refractivity contribution in [1.82, 2.24) is 15.1 Å². The molecule has 0 aromatic heterocycles. The molecule has 1 N–H and O–H groups in total. The van der Waals surface area contributed by atoms with Crippen LogP contribution in [0.3, 0.4) is 0 Å². The summed E-state index contributed by atoms with van der Waals surface area (Å²) >= 11 is 12.2. The van der Waals surface area contributed by atoms with Crippen LogP contribution < -0.4 is 5.32 Å². The van der Waals surface area contributed by atoms with Crippen molar-refractivity contribution in [3.05, 3.63) is 68.7 Å². The van der Waals surface area contributed by atoms with Crippen LogP contribution in [0.15, 0.2) is 36.4 Å². The second kappa shape index (κ2) is 10.7. The highest BCUT2D eigenvalue weighted by atomic mass is 35.5. The molecule has 1 atom stereocenters. The van der Waals surface area contributed by atoms with E-state index in [0.717, 1.165) is 37.1 Å². The van der Waals surface area contributed by atoms with Crippen LogP contribution >= 0.6 is 23.2 Å². The van der Waals surface area contributed by atoms with Crippen LogP contribution in [0, 0.1) is 0 Å². The minimum atomic E-state index is -4.37. The fourth-order valence-electron chi connectivity index (χ4n) is 4.40. The number of hydrogen-bond acceptors (Lipinski definition) is 3. The Kier molecular flexibility index (Phi) is 8.50. The number of halogens is 5. The molecule has 1 saturated heterocycles. The summed E-state index contributed by atoms with van der Waals surface area (Å²) < 4.78 is 41.1. The molecular weight excluding hydrogens is 458 g/mol. The molecule has 2 aromatic rings. The normalized spacial score (nSPS) is 17.2. The van der Waals surface area contributed by atoms with Crippen molar-refractivity contribution in [1.29, 1.82) is 0 Å². The van der Waals surface area contributed by atoms with E-state index in [4.69, 9.17) is 23.2 Å². The number of nitrogens with zero attached hydrogens (tertiary/aromatic N) is 2. The molecule has 1 heterocycles. The molecule has 1 aliphatic heterocycles. The summed E-state index contributed by atoms with van der Waals surface area (Å²) in [5.41, 5.74) is 1.79. The molecule has 1 aliphatic rings. The van der Waals surface area contributed by atoms with E-state index in [1.165, 1.54) is 6.07 Å². The molecule has 0 bridgehead atoms. The van der Waals surface area contributed by atoms with Gasteiger partial charge in [0.05, 0.1) is 15.6 Å². The van der Waals surface area contributed by atoms with Crippen LogP contribution in [0.4, 0.5) is 13.2 Å². The lowest BCUT2D eigenvalue weighted by Crippen LogP contribution is -2.33. The fraction of sp³-hybridized carbons (Fsp3) is 0.500. The topological polar surface area (TPSA) is 18.5 Å². The SMILES string of the molecule is CNC(CN(C)C)c1ccc(C(F)(F)F)c(CN2CCC(c3ccc(Cl)c(Cl)c3)CC2)c1. The van der Waals surface area contributed by atoms with E-state index in [-0.39, 0.29) is 12.6 Å². The van der Waals surface area contributed by atoms with E-state index < -0.39 is 11.7 Å². The number of likely N-dealkylation sites (N-methyl/N-ethyl adjacent to an activating group) is 2. The third kappa shape index (κ3) is 6.39. The summed E-state index contributed by atoms with van der Waals surface area (Å²) in [6.45, 7) is 2.46. The number of alkyl halides is 3. The molecule has 2 aromatic carbocycles. The first-order valence-electron chi connectivity index (χ1n) is 10.8. The van der Waals surface area contributed by atoms with Crippen LogP contribution in [0.1, 0.15) is 47.1 Å². The molecule has 8 heteroatoms. The highest BCUT2D eigenvalue weighted by Gasteiger charge is 2.34. The monoisotopic (exact) mass is 487 g/mol. The number of hydrogen-bond donors (Lipinski definition) is 1. The quantitative estimate of drug-likeness (QED) is 0.500. The van der Waals surface area contributed by atoms with Gasteiger partial charge in [-0.25, -0.2) is 0 Å². The Morgan fingerprint density at radius 1 is 1.06 bits per heavy atom. The van der Waals surface area contributed by atoms with Crippen molar-refractivity contribution in [3.63, 3.8) is 0 Å². The summed E-state index contributed by atoms with van der Waals surface area (Å²) in [6, 6.07) is 10.2. The predicted octanol–water partition coefficient (Wildman–Crippen LogP) is 6.21. The number of piperidine rings is 1. The van der Waals surface area contributed by atoms with Crippen LogP contribution in [0.5, 0.6) is 0 Å². The Morgan fingerprint density at radius 3 is 2.31 bits per heavy atom. The van der Waals surface area contributed by atoms with Gasteiger partial charge < -0.3 is 10.2 Å². The van der Waals surface area contributed by atoms with Crippen molar-refractivity contribution >= 4 is 23.2 Å². The smallest absolute Gasteiger partial charge is 0.312 e. The van der Waals surface area contributed by atoms with E-state index in [0.29, 0.717) is 28.1 Å². The third-order valence-electron chi connectivity index (χ3n) is 6.13. The molecule has 3 nitrogen and oxygen atoms in total. The molecule has 3 rings (SSSR count). The summed E-state index contributed by atoms with van der Waals surface area (Å²) in [4.78, 5) is 4.13. The molecule has 0 radical (unpaired) electrons. The summed E-state index contributed by atoms with van der Waals surface area (Å²) in [6.07, 6.45) is -2.62. The minimum absolute atomic E-state index is 0.0357. The van der Waals surface area contributed by atoms with Crippen molar-refractivity contribution in [2.24, 2.45) is 0 Å². The molecule has 0 spiro atoms. The lowest BCUT2D eigenvalue weighted by atomic mass is 9.89. The Hall–Kier alpha value is -1.31. The van der Waals surface area contributed by atoms with E-state index in [2.05, 4.69) is 10.2 Å². The van der Waals surface area contributed by atoms with E-state index in [9.17, 15) is 13.2 Å². The molecular formula is C24H30Cl2F3N3. The van der Waals surface area contributed by atoms with E-state index in [1.807, 2.05) is 38.2 Å². The second-order valence-electron chi connectivity index (χ2n) is 8.74. The maximum atomic E-state index is 13.7. The van der Waals surface area contributed by atoms with Crippen molar-refractivity contribution in [2.75, 3.05) is 40.8 Å². The van der Waals surface area contributed by atoms with Crippen LogP contribution in [0.2, 0.25) is 10.0 Å². The summed E-state index contributed by atoms with van der Waals surface area (Å²) in [5.74, 6) is 0.336. The van der Waals surface area contributed by atoms with E-state index >= 15 is 0 Å². The Bertz CT molecular complexity index is 910. The second-order valence-corrected chi connectivity index (χ2v) is 9.56. The van der Waals surface area contributed by atoms with Crippen molar-refractivity contribution in [3.8, 4) is 0 Å². The third-order valence-corrected chi connectivity index (χ3v) is 6.87. The predicted molar refractivity (Wildman–Crippen MR) is 126 cm³/mol. The highest BCUT2D eigenvalue weighted by molar-refractivity contribution is 6.42. The molecule has 1 unspecified atom stereocenters. The van der Waals surface area contributed by atoms with Gasteiger partial charge in [0.25, 0.3) is 0 Å². The number of nitrogens with one attached hydrogen (secondary N) is 1. The van der Waals surface area contributed by atoms with Crippen LogP contribution in [-0.4, -0.2) is 50.6 Å². The van der Waals surface area contributed by atoms with Crippen LogP contribution in [-0.2, 0) is 12.7 Å². The number of benzene rings is 2. The van der Waals surface area contributed by atoms with Gasteiger partial charge in [-0.3, -0.25) is 4.90 Å². The maximum Gasteiger partial charge on any atom is 0.416 e. The largest absolute Gasteiger partial charge is 0.416 e. The van der Waals surface area contributed by atoms with Gasteiger partial charge in [0.1, 0.15) is 0 Å². The standard InChI is InChI=1S/C24H30Cl2F3N3/c1-30-23(15-31(2)3)18-4-6-20(24(27,28)29)19(12-18)14-32-10-8-16(9-11-32)17-5-7-21(25)22(26)13-17/h4-7,12-13,16,23,30H,8-11,14-15H2,1-3H3. The zero-order valence-corrected chi connectivity index (χ0v) is 20.2. The summed E-state index contributed by atoms with van der Waals surface area (Å²) in [7, 11) is 5.74. The fourth-order valence-corrected chi connectivity index (χ4v) is 4.70.